The summed E-state index contributed by atoms with van der Waals surface area (Å²) in [6.45, 7) is 5.63. The van der Waals surface area contributed by atoms with E-state index in [1.54, 1.807) is 25.1 Å². The number of halogens is 3. The maximum absolute atomic E-state index is 12.9. The zero-order valence-corrected chi connectivity index (χ0v) is 22.7. The van der Waals surface area contributed by atoms with Gasteiger partial charge in [-0.1, -0.05) is 31.2 Å². The van der Waals surface area contributed by atoms with Gasteiger partial charge in [-0.25, -0.2) is 13.4 Å². The van der Waals surface area contributed by atoms with E-state index in [2.05, 4.69) is 9.88 Å². The number of sulfone groups is 1. The summed E-state index contributed by atoms with van der Waals surface area (Å²) in [6, 6.07) is 17.0. The Labute approximate surface area is 225 Å². The Hall–Kier alpha value is -3.66. The normalized spacial score (nSPS) is 12.3. The molecule has 6 nitrogen and oxygen atoms in total. The van der Waals surface area contributed by atoms with E-state index in [9.17, 15) is 26.4 Å². The fourth-order valence-corrected chi connectivity index (χ4v) is 5.35. The van der Waals surface area contributed by atoms with Crippen LogP contribution < -0.4 is 5.32 Å². The number of hydrogen-bond acceptors (Lipinski definition) is 4. The van der Waals surface area contributed by atoms with E-state index in [1.807, 2.05) is 26.0 Å². The van der Waals surface area contributed by atoms with Gasteiger partial charge in [-0.3, -0.25) is 4.79 Å². The van der Waals surface area contributed by atoms with Gasteiger partial charge in [0.25, 0.3) is 0 Å². The minimum Gasteiger partial charge on any atom is -0.326 e. The molecule has 0 fully saturated rings. The fraction of sp³-hybridized carbons (Fsp3) is 0.310. The Morgan fingerprint density at radius 2 is 1.59 bits per heavy atom. The molecular formula is C29H30F3N3O3S. The number of aryl methyl sites for hydroxylation is 2. The molecule has 0 aliphatic carbocycles. The average molecular weight is 558 g/mol. The zero-order valence-electron chi connectivity index (χ0n) is 21.9. The summed E-state index contributed by atoms with van der Waals surface area (Å²) in [5.74, 6) is 0.586. The van der Waals surface area contributed by atoms with Crippen molar-refractivity contribution in [3.05, 3.63) is 89.2 Å². The summed E-state index contributed by atoms with van der Waals surface area (Å²) in [4.78, 5) is 17.7. The van der Waals surface area contributed by atoms with Crippen LogP contribution in [0.5, 0.6) is 0 Å². The number of amides is 1. The highest BCUT2D eigenvalue weighted by Crippen LogP contribution is 2.30. The lowest BCUT2D eigenvalue weighted by molar-refractivity contribution is -0.137. The van der Waals surface area contributed by atoms with Crippen molar-refractivity contribution in [3.8, 4) is 0 Å². The van der Waals surface area contributed by atoms with Gasteiger partial charge in [0.05, 0.1) is 33.7 Å². The van der Waals surface area contributed by atoms with Gasteiger partial charge >= 0.3 is 6.18 Å². The van der Waals surface area contributed by atoms with E-state index in [0.717, 1.165) is 34.6 Å². The second-order valence-corrected chi connectivity index (χ2v) is 11.9. The van der Waals surface area contributed by atoms with Crippen LogP contribution in [0.15, 0.2) is 71.6 Å². The SMILES string of the molecule is CCS(=O)(=O)c1ccc(CC(=O)Nc2ccc3nc(CCc4ccc(C(F)(F)F)cc4)n(C(C)C)c3c2)cc1. The first kappa shape index (κ1) is 28.4. The second-order valence-electron chi connectivity index (χ2n) is 9.66. The van der Waals surface area contributed by atoms with Crippen LogP contribution in [0.2, 0.25) is 0 Å². The molecule has 0 aliphatic heterocycles. The average Bonchev–Trinajstić information content (AvgIpc) is 3.25. The van der Waals surface area contributed by atoms with Crippen molar-refractivity contribution in [2.24, 2.45) is 0 Å². The number of hydrogen-bond donors (Lipinski definition) is 1. The van der Waals surface area contributed by atoms with Gasteiger partial charge in [-0.05, 0) is 73.9 Å². The third kappa shape index (κ3) is 6.68. The number of nitrogens with one attached hydrogen (secondary N) is 1. The number of carbonyl (C=O) groups excluding carboxylic acids is 1. The molecule has 1 amide bonds. The molecule has 0 unspecified atom stereocenters. The van der Waals surface area contributed by atoms with Gasteiger partial charge < -0.3 is 9.88 Å². The van der Waals surface area contributed by atoms with Crippen LogP contribution in [0.1, 0.15) is 49.3 Å². The third-order valence-electron chi connectivity index (χ3n) is 6.51. The lowest BCUT2D eigenvalue weighted by atomic mass is 10.1. The van der Waals surface area contributed by atoms with Gasteiger partial charge in [0, 0.05) is 18.2 Å². The van der Waals surface area contributed by atoms with E-state index in [4.69, 9.17) is 4.98 Å². The first-order valence-electron chi connectivity index (χ1n) is 12.7. The molecule has 4 aromatic rings. The molecule has 0 saturated heterocycles. The fourth-order valence-electron chi connectivity index (χ4n) is 4.46. The van der Waals surface area contributed by atoms with Crippen LogP contribution in [0.4, 0.5) is 18.9 Å². The predicted octanol–water partition coefficient (Wildman–Crippen LogP) is 6.40. The molecule has 0 bridgehead atoms. The number of benzene rings is 3. The number of carbonyl (C=O) groups is 1. The monoisotopic (exact) mass is 557 g/mol. The van der Waals surface area contributed by atoms with Crippen LogP contribution in [0, 0.1) is 0 Å². The quantitative estimate of drug-likeness (QED) is 0.258. The summed E-state index contributed by atoms with van der Waals surface area (Å²) < 4.78 is 64.6. The molecule has 10 heteroatoms. The minimum atomic E-state index is -4.36. The molecule has 0 aliphatic rings. The number of fused-ring (bicyclic) bond motifs is 1. The van der Waals surface area contributed by atoms with Crippen molar-refractivity contribution in [1.82, 2.24) is 9.55 Å². The molecule has 1 N–H and O–H groups in total. The van der Waals surface area contributed by atoms with E-state index in [1.165, 1.54) is 24.3 Å². The number of nitrogens with zero attached hydrogens (tertiary/aromatic N) is 2. The molecule has 3 aromatic carbocycles. The van der Waals surface area contributed by atoms with E-state index < -0.39 is 21.6 Å². The molecule has 0 saturated carbocycles. The highest BCUT2D eigenvalue weighted by molar-refractivity contribution is 7.91. The lowest BCUT2D eigenvalue weighted by Crippen LogP contribution is -2.14. The summed E-state index contributed by atoms with van der Waals surface area (Å²) in [5, 5.41) is 2.90. The molecule has 1 aromatic heterocycles. The maximum atomic E-state index is 12.9. The van der Waals surface area contributed by atoms with Gasteiger partial charge in [0.2, 0.25) is 5.91 Å². The summed E-state index contributed by atoms with van der Waals surface area (Å²) in [5.41, 5.74) is 3.03. The van der Waals surface area contributed by atoms with Gasteiger partial charge in [-0.2, -0.15) is 13.2 Å². The molecule has 0 spiro atoms. The Balaban J connectivity index is 1.48. The van der Waals surface area contributed by atoms with Crippen molar-refractivity contribution in [2.75, 3.05) is 11.1 Å². The number of imidazole rings is 1. The van der Waals surface area contributed by atoms with Gasteiger partial charge in [0.15, 0.2) is 9.84 Å². The Kier molecular flexibility index (Phi) is 8.15. The Morgan fingerprint density at radius 1 is 0.949 bits per heavy atom. The van der Waals surface area contributed by atoms with Crippen molar-refractivity contribution < 1.29 is 26.4 Å². The Bertz CT molecular complexity index is 1570. The number of rotatable bonds is 9. The van der Waals surface area contributed by atoms with Crippen molar-refractivity contribution in [2.45, 2.75) is 57.1 Å². The molecule has 0 radical (unpaired) electrons. The van der Waals surface area contributed by atoms with Gasteiger partial charge in [0.1, 0.15) is 5.82 Å². The highest BCUT2D eigenvalue weighted by atomic mass is 32.2. The maximum Gasteiger partial charge on any atom is 0.416 e. The Morgan fingerprint density at radius 3 is 2.18 bits per heavy atom. The van der Waals surface area contributed by atoms with Crippen molar-refractivity contribution >= 4 is 32.5 Å². The van der Waals surface area contributed by atoms with Crippen LogP contribution in [0.25, 0.3) is 11.0 Å². The second kappa shape index (κ2) is 11.2. The van der Waals surface area contributed by atoms with Crippen molar-refractivity contribution in [1.29, 1.82) is 0 Å². The molecule has 1 heterocycles. The van der Waals surface area contributed by atoms with Crippen molar-refractivity contribution in [3.63, 3.8) is 0 Å². The van der Waals surface area contributed by atoms with Gasteiger partial charge in [-0.15, -0.1) is 0 Å². The molecule has 39 heavy (non-hydrogen) atoms. The third-order valence-corrected chi connectivity index (χ3v) is 8.26. The zero-order chi connectivity index (χ0) is 28.4. The van der Waals surface area contributed by atoms with Crippen LogP contribution in [-0.2, 0) is 40.1 Å². The molecule has 4 rings (SSSR count). The standard InChI is InChI=1S/C29H30F3N3O3S/c1-4-39(37,38)24-13-7-21(8-14-24)17-28(36)33-23-12-15-25-26(18-23)35(19(2)3)27(34-25)16-9-20-5-10-22(11-6-20)29(30,31)32/h5-8,10-15,18-19H,4,9,16-17H2,1-3H3,(H,33,36). The highest BCUT2D eigenvalue weighted by Gasteiger charge is 2.30. The summed E-state index contributed by atoms with van der Waals surface area (Å²) in [7, 11) is -3.30. The largest absolute Gasteiger partial charge is 0.416 e. The first-order chi connectivity index (χ1) is 18.4. The van der Waals surface area contributed by atoms with E-state index in [0.29, 0.717) is 24.1 Å². The molecule has 0 atom stereocenters. The number of anilines is 1. The summed E-state index contributed by atoms with van der Waals surface area (Å²) >= 11 is 0. The first-order valence-corrected chi connectivity index (χ1v) is 14.3. The van der Waals surface area contributed by atoms with E-state index >= 15 is 0 Å². The predicted molar refractivity (Wildman–Crippen MR) is 145 cm³/mol. The minimum absolute atomic E-state index is 0.0129. The van der Waals surface area contributed by atoms with Crippen LogP contribution in [-0.4, -0.2) is 29.6 Å². The lowest BCUT2D eigenvalue weighted by Gasteiger charge is -2.14. The summed E-state index contributed by atoms with van der Waals surface area (Å²) in [6.07, 6.45) is -3.19. The number of aromatic nitrogens is 2. The topological polar surface area (TPSA) is 81.1 Å². The van der Waals surface area contributed by atoms with E-state index in [-0.39, 0.29) is 29.0 Å². The molecular weight excluding hydrogens is 527 g/mol. The van der Waals surface area contributed by atoms with Crippen LogP contribution >= 0.6 is 0 Å². The van der Waals surface area contributed by atoms with Crippen LogP contribution in [0.3, 0.4) is 0 Å². The molecule has 206 valence electrons. The smallest absolute Gasteiger partial charge is 0.326 e. The number of alkyl halides is 3.